The SMILES string of the molecule is O=C(Nc1ccc(I)cc1)c1ccc(-c2nnco2)cc1. The second kappa shape index (κ2) is 6.04. The predicted molar refractivity (Wildman–Crippen MR) is 86.8 cm³/mol. The lowest BCUT2D eigenvalue weighted by Gasteiger charge is -2.05. The van der Waals surface area contributed by atoms with Gasteiger partial charge in [-0.3, -0.25) is 4.79 Å². The van der Waals surface area contributed by atoms with Crippen molar-refractivity contribution in [1.29, 1.82) is 0 Å². The van der Waals surface area contributed by atoms with E-state index in [1.807, 2.05) is 24.3 Å². The summed E-state index contributed by atoms with van der Waals surface area (Å²) >= 11 is 2.22. The topological polar surface area (TPSA) is 68.0 Å². The molecule has 0 fully saturated rings. The van der Waals surface area contributed by atoms with Gasteiger partial charge in [0.25, 0.3) is 5.91 Å². The Morgan fingerprint density at radius 3 is 2.38 bits per heavy atom. The van der Waals surface area contributed by atoms with Crippen molar-refractivity contribution in [2.24, 2.45) is 0 Å². The van der Waals surface area contributed by atoms with Gasteiger partial charge in [0.15, 0.2) is 0 Å². The minimum atomic E-state index is -0.159. The molecular formula is C15H10IN3O2. The number of halogens is 1. The van der Waals surface area contributed by atoms with Crippen LogP contribution >= 0.6 is 22.6 Å². The van der Waals surface area contributed by atoms with Crippen LogP contribution in [-0.4, -0.2) is 16.1 Å². The molecule has 6 heteroatoms. The van der Waals surface area contributed by atoms with E-state index in [0.717, 1.165) is 14.8 Å². The molecule has 0 radical (unpaired) electrons. The van der Waals surface area contributed by atoms with Crippen molar-refractivity contribution in [2.45, 2.75) is 0 Å². The van der Waals surface area contributed by atoms with Gasteiger partial charge in [-0.1, -0.05) is 0 Å². The van der Waals surface area contributed by atoms with Gasteiger partial charge in [0.2, 0.25) is 12.3 Å². The normalized spacial score (nSPS) is 10.3. The summed E-state index contributed by atoms with van der Waals surface area (Å²) in [4.78, 5) is 12.1. The Kier molecular flexibility index (Phi) is 3.96. The maximum Gasteiger partial charge on any atom is 0.255 e. The van der Waals surface area contributed by atoms with Crippen molar-refractivity contribution in [1.82, 2.24) is 10.2 Å². The Labute approximate surface area is 134 Å². The summed E-state index contributed by atoms with van der Waals surface area (Å²) in [6, 6.07) is 14.6. The third-order valence-electron chi connectivity index (χ3n) is 2.86. The monoisotopic (exact) mass is 391 g/mol. The zero-order valence-electron chi connectivity index (χ0n) is 10.8. The fraction of sp³-hybridized carbons (Fsp3) is 0. The first kappa shape index (κ1) is 13.7. The average Bonchev–Trinajstić information content (AvgIpc) is 3.04. The lowest BCUT2D eigenvalue weighted by Crippen LogP contribution is -2.11. The molecule has 3 rings (SSSR count). The van der Waals surface area contributed by atoms with Crippen LogP contribution in [0, 0.1) is 3.57 Å². The number of benzene rings is 2. The van der Waals surface area contributed by atoms with Gasteiger partial charge < -0.3 is 9.73 Å². The second-order valence-electron chi connectivity index (χ2n) is 4.28. The first-order valence-electron chi connectivity index (χ1n) is 6.16. The highest BCUT2D eigenvalue weighted by Gasteiger charge is 2.08. The Morgan fingerprint density at radius 1 is 1.05 bits per heavy atom. The number of hydrogen-bond acceptors (Lipinski definition) is 4. The van der Waals surface area contributed by atoms with Crippen LogP contribution in [0.1, 0.15) is 10.4 Å². The highest BCUT2D eigenvalue weighted by atomic mass is 127. The molecule has 104 valence electrons. The van der Waals surface area contributed by atoms with Gasteiger partial charge in [0.1, 0.15) is 0 Å². The van der Waals surface area contributed by atoms with Crippen molar-refractivity contribution in [3.05, 3.63) is 64.1 Å². The molecule has 2 aromatic carbocycles. The predicted octanol–water partition coefficient (Wildman–Crippen LogP) is 3.59. The number of carbonyl (C=O) groups is 1. The van der Waals surface area contributed by atoms with Gasteiger partial charge in [0, 0.05) is 20.4 Å². The van der Waals surface area contributed by atoms with E-state index in [1.165, 1.54) is 6.39 Å². The number of aromatic nitrogens is 2. The van der Waals surface area contributed by atoms with Crippen LogP contribution in [0.4, 0.5) is 5.69 Å². The molecule has 1 heterocycles. The molecule has 0 unspecified atom stereocenters. The molecule has 1 N–H and O–H groups in total. The maximum absolute atomic E-state index is 12.1. The highest BCUT2D eigenvalue weighted by Crippen LogP contribution is 2.18. The van der Waals surface area contributed by atoms with E-state index in [1.54, 1.807) is 24.3 Å². The van der Waals surface area contributed by atoms with Crippen molar-refractivity contribution in [3.63, 3.8) is 0 Å². The van der Waals surface area contributed by atoms with Crippen LogP contribution < -0.4 is 5.32 Å². The van der Waals surface area contributed by atoms with Crippen LogP contribution in [0.3, 0.4) is 0 Å². The molecule has 5 nitrogen and oxygen atoms in total. The molecule has 1 amide bonds. The molecule has 21 heavy (non-hydrogen) atoms. The molecule has 0 aliphatic rings. The lowest BCUT2D eigenvalue weighted by atomic mass is 10.1. The first-order valence-corrected chi connectivity index (χ1v) is 7.24. The Morgan fingerprint density at radius 2 is 1.76 bits per heavy atom. The average molecular weight is 391 g/mol. The number of carbonyl (C=O) groups excluding carboxylic acids is 1. The Balaban J connectivity index is 1.74. The summed E-state index contributed by atoms with van der Waals surface area (Å²) in [6.45, 7) is 0. The smallest absolute Gasteiger partial charge is 0.255 e. The molecule has 0 aliphatic carbocycles. The zero-order chi connectivity index (χ0) is 14.7. The van der Waals surface area contributed by atoms with Gasteiger partial charge in [-0.15, -0.1) is 10.2 Å². The Hall–Kier alpha value is -2.22. The number of nitrogens with zero attached hydrogens (tertiary/aromatic N) is 2. The van der Waals surface area contributed by atoms with Gasteiger partial charge in [-0.25, -0.2) is 0 Å². The number of anilines is 1. The number of hydrogen-bond donors (Lipinski definition) is 1. The fourth-order valence-corrected chi connectivity index (χ4v) is 2.16. The Bertz CT molecular complexity index is 738. The van der Waals surface area contributed by atoms with Crippen LogP contribution in [0.2, 0.25) is 0 Å². The number of amides is 1. The van der Waals surface area contributed by atoms with Gasteiger partial charge in [-0.2, -0.15) is 0 Å². The summed E-state index contributed by atoms with van der Waals surface area (Å²) in [7, 11) is 0. The quantitative estimate of drug-likeness (QED) is 0.693. The second-order valence-corrected chi connectivity index (χ2v) is 5.53. The number of rotatable bonds is 3. The first-order chi connectivity index (χ1) is 10.2. The summed E-state index contributed by atoms with van der Waals surface area (Å²) in [5.41, 5.74) is 2.11. The van der Waals surface area contributed by atoms with Gasteiger partial charge in [0.05, 0.1) is 0 Å². The van der Waals surface area contributed by atoms with Crippen molar-refractivity contribution >= 4 is 34.2 Å². The van der Waals surface area contributed by atoms with Crippen LogP contribution in [-0.2, 0) is 0 Å². The molecular weight excluding hydrogens is 381 g/mol. The largest absolute Gasteiger partial charge is 0.423 e. The molecule has 0 spiro atoms. The summed E-state index contributed by atoms with van der Waals surface area (Å²) in [5, 5.41) is 10.3. The fourth-order valence-electron chi connectivity index (χ4n) is 1.80. The number of nitrogens with one attached hydrogen (secondary N) is 1. The van der Waals surface area contributed by atoms with Crippen LogP contribution in [0.25, 0.3) is 11.5 Å². The standard InChI is InChI=1S/C15H10IN3O2/c16-12-5-7-13(8-6-12)18-14(20)10-1-3-11(4-2-10)15-19-17-9-21-15/h1-9H,(H,18,20). The lowest BCUT2D eigenvalue weighted by molar-refractivity contribution is 0.102. The molecule has 0 bridgehead atoms. The van der Waals surface area contributed by atoms with Crippen molar-refractivity contribution < 1.29 is 9.21 Å². The van der Waals surface area contributed by atoms with E-state index in [2.05, 4.69) is 38.1 Å². The van der Waals surface area contributed by atoms with E-state index in [-0.39, 0.29) is 5.91 Å². The van der Waals surface area contributed by atoms with E-state index >= 15 is 0 Å². The van der Waals surface area contributed by atoms with E-state index in [0.29, 0.717) is 11.5 Å². The molecule has 0 saturated heterocycles. The van der Waals surface area contributed by atoms with Crippen LogP contribution in [0.5, 0.6) is 0 Å². The van der Waals surface area contributed by atoms with E-state index < -0.39 is 0 Å². The third kappa shape index (κ3) is 3.27. The van der Waals surface area contributed by atoms with Crippen molar-refractivity contribution in [2.75, 3.05) is 5.32 Å². The van der Waals surface area contributed by atoms with E-state index in [4.69, 9.17) is 4.42 Å². The minimum Gasteiger partial charge on any atom is -0.423 e. The summed E-state index contributed by atoms with van der Waals surface area (Å²) in [6.07, 6.45) is 1.27. The third-order valence-corrected chi connectivity index (χ3v) is 3.58. The highest BCUT2D eigenvalue weighted by molar-refractivity contribution is 14.1. The zero-order valence-corrected chi connectivity index (χ0v) is 12.9. The van der Waals surface area contributed by atoms with Gasteiger partial charge in [-0.05, 0) is 71.1 Å². The van der Waals surface area contributed by atoms with Gasteiger partial charge >= 0.3 is 0 Å². The molecule has 0 saturated carbocycles. The van der Waals surface area contributed by atoms with Crippen molar-refractivity contribution in [3.8, 4) is 11.5 Å². The van der Waals surface area contributed by atoms with Crippen LogP contribution in [0.15, 0.2) is 59.3 Å². The van der Waals surface area contributed by atoms with E-state index in [9.17, 15) is 4.79 Å². The summed E-state index contributed by atoms with van der Waals surface area (Å²) in [5.74, 6) is 0.271. The minimum absolute atomic E-state index is 0.159. The maximum atomic E-state index is 12.1. The molecule has 3 aromatic rings. The molecule has 0 atom stereocenters. The summed E-state index contributed by atoms with van der Waals surface area (Å²) < 4.78 is 6.22. The molecule has 1 aromatic heterocycles. The molecule has 0 aliphatic heterocycles.